The highest BCUT2D eigenvalue weighted by Crippen LogP contribution is 2.28. The predicted octanol–water partition coefficient (Wildman–Crippen LogP) is 3.99. The molecule has 0 radical (unpaired) electrons. The summed E-state index contributed by atoms with van der Waals surface area (Å²) in [7, 11) is 1.95. The Morgan fingerprint density at radius 1 is 1.04 bits per heavy atom. The normalized spacial score (nSPS) is 11.4. The molecule has 144 valence electrons. The van der Waals surface area contributed by atoms with Crippen molar-refractivity contribution in [2.24, 2.45) is 0 Å². The van der Waals surface area contributed by atoms with Crippen LogP contribution in [0.15, 0.2) is 48.7 Å². The molecular formula is C21H24F2N2O2. The first-order chi connectivity index (χ1) is 13.1. The van der Waals surface area contributed by atoms with Gasteiger partial charge in [-0.3, -0.25) is 0 Å². The van der Waals surface area contributed by atoms with Crippen LogP contribution in [-0.4, -0.2) is 47.9 Å². The van der Waals surface area contributed by atoms with E-state index >= 15 is 0 Å². The first-order valence-electron chi connectivity index (χ1n) is 9.07. The van der Waals surface area contributed by atoms with Gasteiger partial charge in [0.1, 0.15) is 5.82 Å². The monoisotopic (exact) mass is 374 g/mol. The number of fused-ring (bicyclic) bond motifs is 1. The molecule has 1 heterocycles. The fourth-order valence-electron chi connectivity index (χ4n) is 3.02. The second-order valence-corrected chi connectivity index (χ2v) is 6.59. The van der Waals surface area contributed by atoms with Gasteiger partial charge in [-0.2, -0.15) is 0 Å². The van der Waals surface area contributed by atoms with E-state index in [9.17, 15) is 8.78 Å². The standard InChI is InChI=1S/C21H24F2N2O2/c1-24(11-12-26)9-2-3-13-27-21-14-16-8-10-25(20(16)15-19(21)23)18-6-4-17(22)5-7-18/h4-8,10,14-15,26H,2-3,9,11-13H2,1H3. The van der Waals surface area contributed by atoms with Crippen molar-refractivity contribution in [3.05, 3.63) is 60.3 Å². The minimum atomic E-state index is -0.415. The van der Waals surface area contributed by atoms with Crippen molar-refractivity contribution in [1.82, 2.24) is 9.47 Å². The molecule has 0 saturated heterocycles. The molecule has 0 aliphatic heterocycles. The van der Waals surface area contributed by atoms with Crippen molar-refractivity contribution in [2.45, 2.75) is 12.8 Å². The SMILES string of the molecule is CN(CCO)CCCCOc1cc2ccn(-c3ccc(F)cc3)c2cc1F. The van der Waals surface area contributed by atoms with E-state index in [1.54, 1.807) is 18.2 Å². The van der Waals surface area contributed by atoms with Gasteiger partial charge in [-0.25, -0.2) is 8.78 Å². The lowest BCUT2D eigenvalue weighted by molar-refractivity contribution is 0.214. The second kappa shape index (κ2) is 8.97. The summed E-state index contributed by atoms with van der Waals surface area (Å²) in [6.07, 6.45) is 3.56. The minimum Gasteiger partial charge on any atom is -0.490 e. The summed E-state index contributed by atoms with van der Waals surface area (Å²) in [6, 6.07) is 11.1. The third-order valence-electron chi connectivity index (χ3n) is 4.52. The quantitative estimate of drug-likeness (QED) is 0.576. The van der Waals surface area contributed by atoms with E-state index in [1.165, 1.54) is 18.2 Å². The number of aromatic nitrogens is 1. The number of aliphatic hydroxyl groups is 1. The van der Waals surface area contributed by atoms with E-state index in [2.05, 4.69) is 0 Å². The molecule has 1 aromatic heterocycles. The number of ether oxygens (including phenoxy) is 1. The molecule has 0 unspecified atom stereocenters. The summed E-state index contributed by atoms with van der Waals surface area (Å²) in [5.74, 6) is -0.482. The molecule has 1 N–H and O–H groups in total. The van der Waals surface area contributed by atoms with Crippen molar-refractivity contribution in [3.8, 4) is 11.4 Å². The molecule has 0 bridgehead atoms. The van der Waals surface area contributed by atoms with E-state index < -0.39 is 5.82 Å². The van der Waals surface area contributed by atoms with Crippen LogP contribution in [0.3, 0.4) is 0 Å². The molecule has 27 heavy (non-hydrogen) atoms. The lowest BCUT2D eigenvalue weighted by atomic mass is 10.2. The number of likely N-dealkylation sites (N-methyl/N-ethyl adjacent to an activating group) is 1. The largest absolute Gasteiger partial charge is 0.490 e. The zero-order valence-corrected chi connectivity index (χ0v) is 15.4. The first kappa shape index (κ1) is 19.3. The Morgan fingerprint density at radius 2 is 1.81 bits per heavy atom. The van der Waals surface area contributed by atoms with Crippen molar-refractivity contribution < 1.29 is 18.6 Å². The van der Waals surface area contributed by atoms with Crippen molar-refractivity contribution in [2.75, 3.05) is 33.4 Å². The van der Waals surface area contributed by atoms with Crippen LogP contribution in [0, 0.1) is 11.6 Å². The van der Waals surface area contributed by atoms with Gasteiger partial charge in [-0.05, 0) is 62.8 Å². The molecule has 0 saturated carbocycles. The molecule has 6 heteroatoms. The van der Waals surface area contributed by atoms with Gasteiger partial charge in [0.05, 0.1) is 18.7 Å². The molecule has 0 aliphatic carbocycles. The Labute approximate surface area is 157 Å². The zero-order valence-electron chi connectivity index (χ0n) is 15.4. The fraction of sp³-hybridized carbons (Fsp3) is 0.333. The lowest BCUT2D eigenvalue weighted by Gasteiger charge is -2.14. The van der Waals surface area contributed by atoms with Crippen LogP contribution >= 0.6 is 0 Å². The van der Waals surface area contributed by atoms with Crippen LogP contribution in [0.2, 0.25) is 0 Å². The summed E-state index contributed by atoms with van der Waals surface area (Å²) < 4.78 is 35.0. The average Bonchev–Trinajstić information content (AvgIpc) is 3.05. The second-order valence-electron chi connectivity index (χ2n) is 6.59. The number of hydrogen-bond acceptors (Lipinski definition) is 3. The highest BCUT2D eigenvalue weighted by atomic mass is 19.1. The molecule has 4 nitrogen and oxygen atoms in total. The number of nitrogens with zero attached hydrogens (tertiary/aromatic N) is 2. The lowest BCUT2D eigenvalue weighted by Crippen LogP contribution is -2.23. The van der Waals surface area contributed by atoms with Crippen LogP contribution in [-0.2, 0) is 0 Å². The number of benzene rings is 2. The predicted molar refractivity (Wildman–Crippen MR) is 103 cm³/mol. The number of rotatable bonds is 9. The van der Waals surface area contributed by atoms with Gasteiger partial charge in [-0.1, -0.05) is 0 Å². The summed E-state index contributed by atoms with van der Waals surface area (Å²) in [4.78, 5) is 2.05. The van der Waals surface area contributed by atoms with Crippen LogP contribution in [0.4, 0.5) is 8.78 Å². The zero-order chi connectivity index (χ0) is 19.2. The molecule has 2 aromatic carbocycles. The molecule has 0 fully saturated rings. The van der Waals surface area contributed by atoms with Gasteiger partial charge in [0, 0.05) is 29.9 Å². The molecule has 0 aliphatic rings. The molecule has 0 amide bonds. The summed E-state index contributed by atoms with van der Waals surface area (Å²) >= 11 is 0. The number of hydrogen-bond donors (Lipinski definition) is 1. The Hall–Kier alpha value is -2.44. The Morgan fingerprint density at radius 3 is 2.56 bits per heavy atom. The number of unbranched alkanes of at least 4 members (excludes halogenated alkanes) is 1. The summed E-state index contributed by atoms with van der Waals surface area (Å²) in [6.45, 7) is 2.10. The Kier molecular flexibility index (Phi) is 6.42. The first-order valence-corrected chi connectivity index (χ1v) is 9.07. The van der Waals surface area contributed by atoms with Gasteiger partial charge in [0.25, 0.3) is 0 Å². The third kappa shape index (κ3) is 4.84. The van der Waals surface area contributed by atoms with E-state index in [1.807, 2.05) is 28.8 Å². The van der Waals surface area contributed by atoms with Crippen molar-refractivity contribution in [1.29, 1.82) is 0 Å². The van der Waals surface area contributed by atoms with Gasteiger partial charge in [-0.15, -0.1) is 0 Å². The maximum Gasteiger partial charge on any atom is 0.167 e. The summed E-state index contributed by atoms with van der Waals surface area (Å²) in [5.41, 5.74) is 1.48. The Balaban J connectivity index is 1.64. The molecule has 3 aromatic rings. The van der Waals surface area contributed by atoms with E-state index in [4.69, 9.17) is 9.84 Å². The highest BCUT2D eigenvalue weighted by molar-refractivity contribution is 5.83. The maximum atomic E-state index is 14.5. The number of aliphatic hydroxyl groups excluding tert-OH is 1. The van der Waals surface area contributed by atoms with Gasteiger partial charge >= 0.3 is 0 Å². The van der Waals surface area contributed by atoms with E-state index in [0.29, 0.717) is 18.7 Å². The van der Waals surface area contributed by atoms with Crippen LogP contribution in [0.1, 0.15) is 12.8 Å². The van der Waals surface area contributed by atoms with E-state index in [0.717, 1.165) is 30.5 Å². The molecule has 0 atom stereocenters. The van der Waals surface area contributed by atoms with Crippen molar-refractivity contribution >= 4 is 10.9 Å². The van der Waals surface area contributed by atoms with Crippen LogP contribution in [0.5, 0.6) is 5.75 Å². The van der Waals surface area contributed by atoms with Gasteiger partial charge in [0.15, 0.2) is 11.6 Å². The van der Waals surface area contributed by atoms with E-state index in [-0.39, 0.29) is 18.2 Å². The summed E-state index contributed by atoms with van der Waals surface area (Å²) in [5, 5.41) is 9.72. The topological polar surface area (TPSA) is 37.6 Å². The molecule has 3 rings (SSSR count). The van der Waals surface area contributed by atoms with Gasteiger partial charge < -0.3 is 19.3 Å². The number of halogens is 2. The Bertz CT molecular complexity index is 878. The van der Waals surface area contributed by atoms with Crippen molar-refractivity contribution in [3.63, 3.8) is 0 Å². The smallest absolute Gasteiger partial charge is 0.167 e. The fourth-order valence-corrected chi connectivity index (χ4v) is 3.02. The highest BCUT2D eigenvalue weighted by Gasteiger charge is 2.10. The minimum absolute atomic E-state index is 0.149. The average molecular weight is 374 g/mol. The van der Waals surface area contributed by atoms with Gasteiger partial charge in [0.2, 0.25) is 0 Å². The maximum absolute atomic E-state index is 14.5. The molecule has 0 spiro atoms. The van der Waals surface area contributed by atoms with Crippen LogP contribution in [0.25, 0.3) is 16.6 Å². The van der Waals surface area contributed by atoms with Crippen LogP contribution < -0.4 is 4.74 Å². The molecular weight excluding hydrogens is 350 g/mol. The third-order valence-corrected chi connectivity index (χ3v) is 4.52.